The molecule has 0 saturated heterocycles. The van der Waals surface area contributed by atoms with Crippen LogP contribution in [0, 0.1) is 0 Å². The van der Waals surface area contributed by atoms with Gasteiger partial charge in [-0.25, -0.2) is 0 Å². The standard InChI is InChI=1S/C12H24O2/c1-5-6-7-12(14-4)8-10(2)11(3)9-13/h12-13H,5-9H2,1-4H3. The molecule has 0 fully saturated rings. The van der Waals surface area contributed by atoms with Gasteiger partial charge in [-0.2, -0.15) is 0 Å². The van der Waals surface area contributed by atoms with Gasteiger partial charge in [0.05, 0.1) is 12.7 Å². The highest BCUT2D eigenvalue weighted by atomic mass is 16.5. The lowest BCUT2D eigenvalue weighted by molar-refractivity contribution is 0.0931. The molecule has 0 radical (unpaired) electrons. The number of rotatable bonds is 7. The van der Waals surface area contributed by atoms with Crippen molar-refractivity contribution in [1.82, 2.24) is 0 Å². The first-order valence-corrected chi connectivity index (χ1v) is 5.44. The van der Waals surface area contributed by atoms with Crippen molar-refractivity contribution in [3.8, 4) is 0 Å². The molecule has 2 nitrogen and oxygen atoms in total. The topological polar surface area (TPSA) is 29.5 Å². The highest BCUT2D eigenvalue weighted by Gasteiger charge is 2.08. The lowest BCUT2D eigenvalue weighted by Gasteiger charge is -2.16. The van der Waals surface area contributed by atoms with Gasteiger partial charge in [0.15, 0.2) is 0 Å². The largest absolute Gasteiger partial charge is 0.392 e. The smallest absolute Gasteiger partial charge is 0.0641 e. The van der Waals surface area contributed by atoms with Crippen LogP contribution >= 0.6 is 0 Å². The van der Waals surface area contributed by atoms with E-state index in [1.807, 2.05) is 6.92 Å². The predicted octanol–water partition coefficient (Wildman–Crippen LogP) is 2.91. The first-order valence-electron chi connectivity index (χ1n) is 5.44. The fourth-order valence-corrected chi connectivity index (χ4v) is 1.39. The number of unbranched alkanes of at least 4 members (excludes halogenated alkanes) is 1. The maximum atomic E-state index is 8.97. The Balaban J connectivity index is 4.04. The van der Waals surface area contributed by atoms with Crippen LogP contribution in [0.15, 0.2) is 11.1 Å². The molecule has 0 aliphatic rings. The summed E-state index contributed by atoms with van der Waals surface area (Å²) in [5, 5.41) is 8.97. The van der Waals surface area contributed by atoms with Crippen molar-refractivity contribution >= 4 is 0 Å². The van der Waals surface area contributed by atoms with E-state index >= 15 is 0 Å². The normalized spacial score (nSPS) is 15.2. The molecule has 0 heterocycles. The molecule has 0 rings (SSSR count). The van der Waals surface area contributed by atoms with Crippen LogP contribution in [0.25, 0.3) is 0 Å². The molecule has 14 heavy (non-hydrogen) atoms. The van der Waals surface area contributed by atoms with Gasteiger partial charge in [0.2, 0.25) is 0 Å². The van der Waals surface area contributed by atoms with E-state index in [1.165, 1.54) is 18.4 Å². The molecule has 0 aliphatic heterocycles. The maximum Gasteiger partial charge on any atom is 0.0641 e. The Hall–Kier alpha value is -0.340. The van der Waals surface area contributed by atoms with Gasteiger partial charge in [-0.1, -0.05) is 25.3 Å². The summed E-state index contributed by atoms with van der Waals surface area (Å²) in [6.45, 7) is 6.40. The third-order valence-corrected chi connectivity index (χ3v) is 2.71. The van der Waals surface area contributed by atoms with Gasteiger partial charge >= 0.3 is 0 Å². The third-order valence-electron chi connectivity index (χ3n) is 2.71. The number of ether oxygens (including phenoxy) is 1. The summed E-state index contributed by atoms with van der Waals surface area (Å²) in [4.78, 5) is 0. The molecular formula is C12H24O2. The number of aliphatic hydroxyl groups excluding tert-OH is 1. The Morgan fingerprint density at radius 1 is 1.29 bits per heavy atom. The van der Waals surface area contributed by atoms with Crippen LogP contribution in [0.1, 0.15) is 46.5 Å². The fraction of sp³-hybridized carbons (Fsp3) is 0.833. The summed E-state index contributed by atoms with van der Waals surface area (Å²) >= 11 is 0. The first kappa shape index (κ1) is 13.7. The van der Waals surface area contributed by atoms with Crippen LogP contribution in [0.3, 0.4) is 0 Å². The van der Waals surface area contributed by atoms with Crippen LogP contribution in [-0.4, -0.2) is 24.9 Å². The van der Waals surface area contributed by atoms with Crippen molar-refractivity contribution in [3.63, 3.8) is 0 Å². The van der Waals surface area contributed by atoms with E-state index < -0.39 is 0 Å². The molecular weight excluding hydrogens is 176 g/mol. The molecule has 0 bridgehead atoms. The molecule has 0 spiro atoms. The molecule has 2 heteroatoms. The van der Waals surface area contributed by atoms with Crippen LogP contribution in [0.2, 0.25) is 0 Å². The van der Waals surface area contributed by atoms with Gasteiger partial charge in [0.1, 0.15) is 0 Å². The van der Waals surface area contributed by atoms with Crippen molar-refractivity contribution in [1.29, 1.82) is 0 Å². The van der Waals surface area contributed by atoms with E-state index in [0.717, 1.165) is 18.4 Å². The predicted molar refractivity (Wildman–Crippen MR) is 60.4 cm³/mol. The summed E-state index contributed by atoms with van der Waals surface area (Å²) in [5.41, 5.74) is 2.33. The Labute approximate surface area is 88.0 Å². The molecule has 1 N–H and O–H groups in total. The van der Waals surface area contributed by atoms with E-state index in [-0.39, 0.29) is 6.61 Å². The average Bonchev–Trinajstić information content (AvgIpc) is 2.22. The maximum absolute atomic E-state index is 8.97. The minimum atomic E-state index is 0.163. The quantitative estimate of drug-likeness (QED) is 0.640. The van der Waals surface area contributed by atoms with E-state index in [2.05, 4.69) is 13.8 Å². The average molecular weight is 200 g/mol. The number of hydrogen-bond acceptors (Lipinski definition) is 2. The number of hydrogen-bond donors (Lipinski definition) is 1. The van der Waals surface area contributed by atoms with Gasteiger partial charge in [-0.15, -0.1) is 0 Å². The fourth-order valence-electron chi connectivity index (χ4n) is 1.39. The van der Waals surface area contributed by atoms with E-state index in [1.54, 1.807) is 7.11 Å². The molecule has 1 atom stereocenters. The molecule has 0 aromatic heterocycles. The monoisotopic (exact) mass is 200 g/mol. The van der Waals surface area contributed by atoms with E-state index in [0.29, 0.717) is 6.10 Å². The summed E-state index contributed by atoms with van der Waals surface area (Å²) < 4.78 is 5.40. The van der Waals surface area contributed by atoms with Crippen LogP contribution < -0.4 is 0 Å². The molecule has 0 aliphatic carbocycles. The Bertz CT molecular complexity index is 173. The second-order valence-corrected chi connectivity index (χ2v) is 3.92. The number of methoxy groups -OCH3 is 1. The van der Waals surface area contributed by atoms with Gasteiger partial charge < -0.3 is 9.84 Å². The van der Waals surface area contributed by atoms with Crippen molar-refractivity contribution in [3.05, 3.63) is 11.1 Å². The van der Waals surface area contributed by atoms with Crippen molar-refractivity contribution in [2.24, 2.45) is 0 Å². The zero-order valence-corrected chi connectivity index (χ0v) is 9.97. The zero-order valence-electron chi connectivity index (χ0n) is 9.97. The first-order chi connectivity index (χ1) is 6.65. The molecule has 0 amide bonds. The van der Waals surface area contributed by atoms with Crippen LogP contribution in [0.4, 0.5) is 0 Å². The lowest BCUT2D eigenvalue weighted by Crippen LogP contribution is -2.11. The summed E-state index contributed by atoms with van der Waals surface area (Å²) in [6, 6.07) is 0. The van der Waals surface area contributed by atoms with E-state index in [4.69, 9.17) is 9.84 Å². The van der Waals surface area contributed by atoms with Crippen molar-refractivity contribution in [2.45, 2.75) is 52.6 Å². The minimum Gasteiger partial charge on any atom is -0.392 e. The third kappa shape index (κ3) is 5.40. The van der Waals surface area contributed by atoms with Gasteiger partial charge in [0, 0.05) is 7.11 Å². The SMILES string of the molecule is CCCCC(CC(C)=C(C)CO)OC. The second-order valence-electron chi connectivity index (χ2n) is 3.92. The molecule has 1 unspecified atom stereocenters. The highest BCUT2D eigenvalue weighted by molar-refractivity contribution is 5.10. The summed E-state index contributed by atoms with van der Waals surface area (Å²) in [6.07, 6.45) is 4.80. The zero-order chi connectivity index (χ0) is 11.0. The van der Waals surface area contributed by atoms with Crippen molar-refractivity contribution < 1.29 is 9.84 Å². The second kappa shape index (κ2) is 8.01. The molecule has 0 aromatic carbocycles. The number of aliphatic hydroxyl groups is 1. The lowest BCUT2D eigenvalue weighted by atomic mass is 10.0. The Morgan fingerprint density at radius 2 is 1.93 bits per heavy atom. The molecule has 0 saturated carbocycles. The Morgan fingerprint density at radius 3 is 2.36 bits per heavy atom. The molecule has 84 valence electrons. The van der Waals surface area contributed by atoms with Gasteiger partial charge in [-0.05, 0) is 32.3 Å². The summed E-state index contributed by atoms with van der Waals surface area (Å²) in [7, 11) is 1.77. The Kier molecular flexibility index (Phi) is 7.81. The summed E-state index contributed by atoms with van der Waals surface area (Å²) in [5.74, 6) is 0. The van der Waals surface area contributed by atoms with E-state index in [9.17, 15) is 0 Å². The van der Waals surface area contributed by atoms with Gasteiger partial charge in [-0.3, -0.25) is 0 Å². The minimum absolute atomic E-state index is 0.163. The van der Waals surface area contributed by atoms with Crippen LogP contribution in [-0.2, 0) is 4.74 Å². The van der Waals surface area contributed by atoms with Crippen molar-refractivity contribution in [2.75, 3.05) is 13.7 Å². The molecule has 0 aromatic rings. The highest BCUT2D eigenvalue weighted by Crippen LogP contribution is 2.16. The van der Waals surface area contributed by atoms with Crippen LogP contribution in [0.5, 0.6) is 0 Å². The van der Waals surface area contributed by atoms with Gasteiger partial charge in [0.25, 0.3) is 0 Å².